The number of nitrogen functional groups attached to an aromatic ring is 1. The van der Waals surface area contributed by atoms with Gasteiger partial charge in [0.25, 0.3) is 0 Å². The topological polar surface area (TPSA) is 62.8 Å². The van der Waals surface area contributed by atoms with Gasteiger partial charge in [-0.3, -0.25) is 5.41 Å². The Bertz CT molecular complexity index is 694. The number of aromatic nitrogens is 1. The van der Waals surface area contributed by atoms with Crippen molar-refractivity contribution in [1.29, 1.82) is 5.41 Å². The second-order valence-electron chi connectivity index (χ2n) is 5.44. The Hall–Kier alpha value is -1.81. The molecule has 2 aromatic rings. The molecule has 21 heavy (non-hydrogen) atoms. The first-order valence-electron chi connectivity index (χ1n) is 7.26. The predicted octanol–water partition coefficient (Wildman–Crippen LogP) is 3.70. The zero-order valence-corrected chi connectivity index (χ0v) is 13.0. The number of nitrogens with two attached hydrogens (primary N) is 1. The third kappa shape index (κ3) is 2.95. The smallest absolute Gasteiger partial charge is 0.125 e. The maximum atomic E-state index is 7.84. The Labute approximate surface area is 129 Å². The Morgan fingerprint density at radius 2 is 2.00 bits per heavy atom. The Balaban J connectivity index is 2.04. The van der Waals surface area contributed by atoms with Gasteiger partial charge < -0.3 is 5.73 Å². The lowest BCUT2D eigenvalue weighted by molar-refractivity contribution is 0.660. The number of fused-ring (bicyclic) bond motifs is 1. The maximum Gasteiger partial charge on any atom is 0.125 e. The molecule has 3 nitrogen and oxygen atoms in total. The van der Waals surface area contributed by atoms with Crippen LogP contribution in [0.2, 0.25) is 0 Å². The van der Waals surface area contributed by atoms with E-state index in [1.807, 2.05) is 12.1 Å². The monoisotopic (exact) mass is 297 g/mol. The molecule has 1 aromatic carbocycles. The van der Waals surface area contributed by atoms with Gasteiger partial charge in [-0.25, -0.2) is 4.98 Å². The summed E-state index contributed by atoms with van der Waals surface area (Å²) in [4.78, 5) is 5.98. The number of hydrogen-bond acceptors (Lipinski definition) is 3. The average Bonchev–Trinajstić information content (AvgIpc) is 2.48. The van der Waals surface area contributed by atoms with Crippen LogP contribution in [-0.4, -0.2) is 10.8 Å². The van der Waals surface area contributed by atoms with Crippen LogP contribution >= 0.6 is 11.8 Å². The van der Waals surface area contributed by atoms with Gasteiger partial charge in [-0.1, -0.05) is 30.0 Å². The molecule has 0 fully saturated rings. The second-order valence-corrected chi connectivity index (χ2v) is 6.47. The molecule has 1 heterocycles. The molecule has 3 N–H and O–H groups in total. The molecule has 0 saturated heterocycles. The molecule has 0 atom stereocenters. The van der Waals surface area contributed by atoms with E-state index < -0.39 is 0 Å². The van der Waals surface area contributed by atoms with Crippen molar-refractivity contribution < 1.29 is 0 Å². The SMILES string of the molecule is Cc1ccccc1Sc1nc2c(cc1C(=N)N)CCCC2. The first-order valence-corrected chi connectivity index (χ1v) is 8.07. The number of aryl methyl sites for hydroxylation is 3. The van der Waals surface area contributed by atoms with Crippen LogP contribution in [0.1, 0.15) is 35.2 Å². The highest BCUT2D eigenvalue weighted by molar-refractivity contribution is 7.99. The molecule has 4 heteroatoms. The number of pyridine rings is 1. The third-order valence-corrected chi connectivity index (χ3v) is 5.04. The molecule has 0 radical (unpaired) electrons. The van der Waals surface area contributed by atoms with Crippen LogP contribution in [0, 0.1) is 12.3 Å². The van der Waals surface area contributed by atoms with Crippen LogP contribution < -0.4 is 5.73 Å². The van der Waals surface area contributed by atoms with Crippen molar-refractivity contribution in [3.8, 4) is 0 Å². The van der Waals surface area contributed by atoms with Gasteiger partial charge in [-0.15, -0.1) is 0 Å². The summed E-state index contributed by atoms with van der Waals surface area (Å²) in [7, 11) is 0. The van der Waals surface area contributed by atoms with Gasteiger partial charge in [0.05, 0.1) is 0 Å². The molecule has 108 valence electrons. The lowest BCUT2D eigenvalue weighted by Crippen LogP contribution is -2.16. The lowest BCUT2D eigenvalue weighted by atomic mass is 9.95. The summed E-state index contributed by atoms with van der Waals surface area (Å²) in [5.41, 5.74) is 10.2. The van der Waals surface area contributed by atoms with Gasteiger partial charge in [0.2, 0.25) is 0 Å². The molecule has 0 spiro atoms. The molecule has 0 aliphatic heterocycles. The summed E-state index contributed by atoms with van der Waals surface area (Å²) in [5, 5.41) is 8.70. The fourth-order valence-corrected chi connectivity index (χ4v) is 3.68. The van der Waals surface area contributed by atoms with E-state index in [9.17, 15) is 0 Å². The molecular formula is C17H19N3S. The molecule has 0 amide bonds. The Morgan fingerprint density at radius 1 is 1.24 bits per heavy atom. The van der Waals surface area contributed by atoms with E-state index in [2.05, 4.69) is 25.1 Å². The van der Waals surface area contributed by atoms with Crippen molar-refractivity contribution in [1.82, 2.24) is 4.98 Å². The lowest BCUT2D eigenvalue weighted by Gasteiger charge is -2.18. The van der Waals surface area contributed by atoms with E-state index in [0.29, 0.717) is 0 Å². The van der Waals surface area contributed by atoms with Gasteiger partial charge in [0.1, 0.15) is 10.9 Å². The first-order chi connectivity index (χ1) is 10.1. The first kappa shape index (κ1) is 14.1. The highest BCUT2D eigenvalue weighted by atomic mass is 32.2. The Morgan fingerprint density at radius 3 is 2.76 bits per heavy atom. The van der Waals surface area contributed by atoms with Crippen molar-refractivity contribution in [2.24, 2.45) is 5.73 Å². The molecule has 0 unspecified atom stereocenters. The van der Waals surface area contributed by atoms with Crippen LogP contribution in [0.15, 0.2) is 40.3 Å². The van der Waals surface area contributed by atoms with Crippen LogP contribution in [0.4, 0.5) is 0 Å². The molecule has 3 rings (SSSR count). The third-order valence-electron chi connectivity index (χ3n) is 3.86. The highest BCUT2D eigenvalue weighted by Crippen LogP contribution is 2.33. The van der Waals surface area contributed by atoms with Gasteiger partial charge >= 0.3 is 0 Å². The van der Waals surface area contributed by atoms with E-state index >= 15 is 0 Å². The number of nitrogens with one attached hydrogen (secondary N) is 1. The van der Waals surface area contributed by atoms with E-state index in [4.69, 9.17) is 16.1 Å². The van der Waals surface area contributed by atoms with Gasteiger partial charge in [-0.2, -0.15) is 0 Å². The number of rotatable bonds is 3. The summed E-state index contributed by atoms with van der Waals surface area (Å²) in [5.74, 6) is 0.104. The van der Waals surface area contributed by atoms with Crippen molar-refractivity contribution in [2.75, 3.05) is 0 Å². The molecular weight excluding hydrogens is 278 g/mol. The normalized spacial score (nSPS) is 13.8. The molecule has 1 aromatic heterocycles. The van der Waals surface area contributed by atoms with E-state index in [0.717, 1.165) is 23.4 Å². The number of benzene rings is 1. The quantitative estimate of drug-likeness (QED) is 0.670. The maximum absolute atomic E-state index is 7.84. The summed E-state index contributed by atoms with van der Waals surface area (Å²) >= 11 is 1.61. The van der Waals surface area contributed by atoms with Gasteiger partial charge in [-0.05, 0) is 55.9 Å². The molecule has 0 bridgehead atoms. The summed E-state index contributed by atoms with van der Waals surface area (Å²) in [6.45, 7) is 2.09. The minimum atomic E-state index is 0.104. The number of amidine groups is 1. The van der Waals surface area contributed by atoms with E-state index in [-0.39, 0.29) is 5.84 Å². The zero-order chi connectivity index (χ0) is 14.8. The zero-order valence-electron chi connectivity index (χ0n) is 12.1. The standard InChI is InChI=1S/C17H19N3S/c1-11-6-2-5-9-15(11)21-17-13(16(18)19)10-12-7-3-4-8-14(12)20-17/h2,5-6,9-10H,3-4,7-8H2,1H3,(H3,18,19). The Kier molecular flexibility index (Phi) is 3.97. The van der Waals surface area contributed by atoms with Gasteiger partial charge in [0, 0.05) is 16.2 Å². The fraction of sp³-hybridized carbons (Fsp3) is 0.294. The van der Waals surface area contributed by atoms with Crippen molar-refractivity contribution in [3.05, 3.63) is 52.7 Å². The van der Waals surface area contributed by atoms with Crippen LogP contribution in [0.5, 0.6) is 0 Å². The van der Waals surface area contributed by atoms with Crippen LogP contribution in [-0.2, 0) is 12.8 Å². The van der Waals surface area contributed by atoms with E-state index in [1.54, 1.807) is 11.8 Å². The highest BCUT2D eigenvalue weighted by Gasteiger charge is 2.17. The summed E-state index contributed by atoms with van der Waals surface area (Å²) < 4.78 is 0. The molecule has 1 aliphatic rings. The molecule has 0 saturated carbocycles. The number of nitrogens with zero attached hydrogens (tertiary/aromatic N) is 1. The minimum absolute atomic E-state index is 0.104. The molecule has 1 aliphatic carbocycles. The number of hydrogen-bond donors (Lipinski definition) is 2. The van der Waals surface area contributed by atoms with E-state index in [1.165, 1.54) is 34.6 Å². The average molecular weight is 297 g/mol. The van der Waals surface area contributed by atoms with Crippen molar-refractivity contribution in [3.63, 3.8) is 0 Å². The van der Waals surface area contributed by atoms with Crippen molar-refractivity contribution >= 4 is 17.6 Å². The predicted molar refractivity (Wildman–Crippen MR) is 87.2 cm³/mol. The summed E-state index contributed by atoms with van der Waals surface area (Å²) in [6, 6.07) is 10.3. The largest absolute Gasteiger partial charge is 0.384 e. The second kappa shape index (κ2) is 5.90. The van der Waals surface area contributed by atoms with Crippen molar-refractivity contribution in [2.45, 2.75) is 42.5 Å². The minimum Gasteiger partial charge on any atom is -0.384 e. The van der Waals surface area contributed by atoms with Crippen LogP contribution in [0.25, 0.3) is 0 Å². The van der Waals surface area contributed by atoms with Crippen LogP contribution in [0.3, 0.4) is 0 Å². The fourth-order valence-electron chi connectivity index (χ4n) is 2.66. The summed E-state index contributed by atoms with van der Waals surface area (Å²) in [6.07, 6.45) is 4.50. The van der Waals surface area contributed by atoms with Gasteiger partial charge in [0.15, 0.2) is 0 Å².